The number of nitrogens with zero attached hydrogens (tertiary/aromatic N) is 1. The maximum absolute atomic E-state index is 12.7. The summed E-state index contributed by atoms with van der Waals surface area (Å²) in [6.07, 6.45) is -0.0817. The molecule has 25 heavy (non-hydrogen) atoms. The minimum absolute atomic E-state index is 0.0295. The van der Waals surface area contributed by atoms with Gasteiger partial charge in [0.25, 0.3) is 0 Å². The monoisotopic (exact) mass is 383 g/mol. The number of methoxy groups -OCH3 is 1. The molecule has 2 aromatic carbocycles. The van der Waals surface area contributed by atoms with Crippen LogP contribution in [0.3, 0.4) is 0 Å². The number of carboxylic acid groups (broad SMARTS) is 1. The van der Waals surface area contributed by atoms with Crippen molar-refractivity contribution in [2.45, 2.75) is 17.4 Å². The van der Waals surface area contributed by atoms with Gasteiger partial charge < -0.3 is 9.84 Å². The highest BCUT2D eigenvalue weighted by Crippen LogP contribution is 2.26. The third kappa shape index (κ3) is 4.31. The molecule has 0 aromatic heterocycles. The number of likely N-dealkylation sites (N-methyl/N-ethyl adjacent to an activating group) is 1. The van der Waals surface area contributed by atoms with Crippen molar-refractivity contribution >= 4 is 27.6 Å². The first-order valence-corrected chi connectivity index (χ1v) is 9.17. The maximum Gasteiger partial charge on any atom is 0.322 e. The van der Waals surface area contributed by atoms with Crippen LogP contribution in [0.1, 0.15) is 5.56 Å². The molecule has 134 valence electrons. The average Bonchev–Trinajstić information content (AvgIpc) is 2.59. The Morgan fingerprint density at radius 2 is 1.88 bits per heavy atom. The average molecular weight is 384 g/mol. The van der Waals surface area contributed by atoms with Crippen molar-refractivity contribution in [3.63, 3.8) is 0 Å². The van der Waals surface area contributed by atoms with Crippen LogP contribution in [-0.4, -0.2) is 44.0 Å². The molecule has 0 spiro atoms. The van der Waals surface area contributed by atoms with Gasteiger partial charge in [-0.2, -0.15) is 4.31 Å². The molecule has 0 fully saturated rings. The third-order valence-corrected chi connectivity index (χ3v) is 5.92. The highest BCUT2D eigenvalue weighted by molar-refractivity contribution is 7.89. The second kappa shape index (κ2) is 7.86. The van der Waals surface area contributed by atoms with Crippen LogP contribution in [0.25, 0.3) is 0 Å². The fourth-order valence-corrected chi connectivity index (χ4v) is 3.94. The minimum atomic E-state index is -3.95. The molecule has 0 heterocycles. The molecule has 1 unspecified atom stereocenters. The van der Waals surface area contributed by atoms with E-state index in [-0.39, 0.29) is 11.3 Å². The maximum atomic E-state index is 12.7. The predicted octanol–water partition coefficient (Wildman–Crippen LogP) is 2.67. The van der Waals surface area contributed by atoms with Crippen molar-refractivity contribution in [1.82, 2.24) is 4.31 Å². The van der Waals surface area contributed by atoms with Crippen molar-refractivity contribution in [3.8, 4) is 5.75 Å². The molecule has 6 nitrogen and oxygen atoms in total. The van der Waals surface area contributed by atoms with E-state index in [1.54, 1.807) is 36.4 Å². The molecule has 0 saturated carbocycles. The molecule has 0 amide bonds. The molecule has 2 aromatic rings. The SMILES string of the molecule is COc1ccc(Cl)cc1CC(C(=O)O)N(C)S(=O)(=O)c1ccccc1. The number of rotatable bonds is 7. The van der Waals surface area contributed by atoms with E-state index in [9.17, 15) is 18.3 Å². The number of hydrogen-bond donors (Lipinski definition) is 1. The second-order valence-electron chi connectivity index (χ2n) is 5.35. The molecule has 0 aliphatic rings. The van der Waals surface area contributed by atoms with Gasteiger partial charge in [-0.25, -0.2) is 8.42 Å². The van der Waals surface area contributed by atoms with Crippen molar-refractivity contribution < 1.29 is 23.1 Å². The standard InChI is InChI=1S/C17H18ClNO5S/c1-19(25(22,23)14-6-4-3-5-7-14)15(17(20)21)11-12-10-13(18)8-9-16(12)24-2/h3-10,15H,11H2,1-2H3,(H,20,21). The van der Waals surface area contributed by atoms with Crippen molar-refractivity contribution in [3.05, 3.63) is 59.1 Å². The van der Waals surface area contributed by atoms with Crippen LogP contribution in [0.2, 0.25) is 5.02 Å². The van der Waals surface area contributed by atoms with Gasteiger partial charge in [0.15, 0.2) is 0 Å². The summed E-state index contributed by atoms with van der Waals surface area (Å²) < 4.78 is 31.5. The van der Waals surface area contributed by atoms with Crippen LogP contribution in [0.4, 0.5) is 0 Å². The van der Waals surface area contributed by atoms with Gasteiger partial charge in [-0.3, -0.25) is 4.79 Å². The third-order valence-electron chi connectivity index (χ3n) is 3.80. The Morgan fingerprint density at radius 3 is 2.44 bits per heavy atom. The Bertz CT molecular complexity index is 855. The summed E-state index contributed by atoms with van der Waals surface area (Å²) in [5.41, 5.74) is 0.512. The fraction of sp³-hybridized carbons (Fsp3) is 0.235. The number of sulfonamides is 1. The van der Waals surface area contributed by atoms with Crippen molar-refractivity contribution in [2.75, 3.05) is 14.2 Å². The first-order chi connectivity index (χ1) is 11.8. The number of aliphatic carboxylic acids is 1. The van der Waals surface area contributed by atoms with E-state index in [4.69, 9.17) is 16.3 Å². The van der Waals surface area contributed by atoms with Gasteiger partial charge in [-0.1, -0.05) is 29.8 Å². The fourth-order valence-electron chi connectivity index (χ4n) is 2.41. The first kappa shape index (κ1) is 19.2. The summed E-state index contributed by atoms with van der Waals surface area (Å²) in [5, 5.41) is 9.98. The summed E-state index contributed by atoms with van der Waals surface area (Å²) in [6, 6.07) is 11.2. The van der Waals surface area contributed by atoms with E-state index in [1.165, 1.54) is 26.3 Å². The van der Waals surface area contributed by atoms with Crippen LogP contribution in [0, 0.1) is 0 Å². The summed E-state index contributed by atoms with van der Waals surface area (Å²) in [5.74, 6) is -0.815. The van der Waals surface area contributed by atoms with Gasteiger partial charge in [-0.15, -0.1) is 0 Å². The molecular formula is C17H18ClNO5S. The minimum Gasteiger partial charge on any atom is -0.496 e. The largest absolute Gasteiger partial charge is 0.496 e. The van der Waals surface area contributed by atoms with Crippen LogP contribution >= 0.6 is 11.6 Å². The molecular weight excluding hydrogens is 366 g/mol. The lowest BCUT2D eigenvalue weighted by Gasteiger charge is -2.25. The second-order valence-corrected chi connectivity index (χ2v) is 7.78. The van der Waals surface area contributed by atoms with Gasteiger partial charge in [0.05, 0.1) is 12.0 Å². The van der Waals surface area contributed by atoms with E-state index in [0.717, 1.165) is 4.31 Å². The number of carboxylic acids is 1. The number of carbonyl (C=O) groups is 1. The topological polar surface area (TPSA) is 83.9 Å². The van der Waals surface area contributed by atoms with Crippen molar-refractivity contribution in [2.24, 2.45) is 0 Å². The van der Waals surface area contributed by atoms with E-state index in [0.29, 0.717) is 16.3 Å². The van der Waals surface area contributed by atoms with Gasteiger partial charge >= 0.3 is 5.97 Å². The highest BCUT2D eigenvalue weighted by atomic mass is 35.5. The number of benzene rings is 2. The van der Waals surface area contributed by atoms with Gasteiger partial charge in [-0.05, 0) is 35.9 Å². The molecule has 2 rings (SSSR count). The highest BCUT2D eigenvalue weighted by Gasteiger charge is 2.33. The Labute approximate surface area is 151 Å². The van der Waals surface area contributed by atoms with Crippen LogP contribution in [0.15, 0.2) is 53.4 Å². The Hall–Kier alpha value is -2.09. The van der Waals surface area contributed by atoms with E-state index in [2.05, 4.69) is 0 Å². The molecule has 0 aliphatic heterocycles. The van der Waals surface area contributed by atoms with E-state index >= 15 is 0 Å². The van der Waals surface area contributed by atoms with Crippen LogP contribution < -0.4 is 4.74 Å². The van der Waals surface area contributed by atoms with Crippen molar-refractivity contribution in [1.29, 1.82) is 0 Å². The lowest BCUT2D eigenvalue weighted by atomic mass is 10.1. The van der Waals surface area contributed by atoms with Gasteiger partial charge in [0.2, 0.25) is 10.0 Å². The molecule has 0 saturated heterocycles. The Morgan fingerprint density at radius 1 is 1.24 bits per heavy atom. The zero-order valence-electron chi connectivity index (χ0n) is 13.7. The van der Waals surface area contributed by atoms with Crippen LogP contribution in [0.5, 0.6) is 5.75 Å². The normalized spacial score (nSPS) is 12.8. The molecule has 8 heteroatoms. The van der Waals surface area contributed by atoms with E-state index in [1.807, 2.05) is 0 Å². The zero-order chi connectivity index (χ0) is 18.6. The Kier molecular flexibility index (Phi) is 6.05. The number of hydrogen-bond acceptors (Lipinski definition) is 4. The number of ether oxygens (including phenoxy) is 1. The van der Waals surface area contributed by atoms with E-state index < -0.39 is 22.0 Å². The lowest BCUT2D eigenvalue weighted by Crippen LogP contribution is -2.43. The van der Waals surface area contributed by atoms with Gasteiger partial charge in [0.1, 0.15) is 11.8 Å². The summed E-state index contributed by atoms with van der Waals surface area (Å²) in [6.45, 7) is 0. The molecule has 0 aliphatic carbocycles. The summed E-state index contributed by atoms with van der Waals surface area (Å²) in [4.78, 5) is 11.8. The quantitative estimate of drug-likeness (QED) is 0.794. The summed E-state index contributed by atoms with van der Waals surface area (Å²) >= 11 is 5.97. The summed E-state index contributed by atoms with van der Waals surface area (Å²) in [7, 11) is -1.25. The smallest absolute Gasteiger partial charge is 0.322 e. The lowest BCUT2D eigenvalue weighted by molar-refractivity contribution is -0.141. The molecule has 0 bridgehead atoms. The Balaban J connectivity index is 2.39. The van der Waals surface area contributed by atoms with Crippen LogP contribution in [-0.2, 0) is 21.2 Å². The predicted molar refractivity (Wildman–Crippen MR) is 94.5 cm³/mol. The first-order valence-electron chi connectivity index (χ1n) is 7.35. The molecule has 0 radical (unpaired) electrons. The zero-order valence-corrected chi connectivity index (χ0v) is 15.3. The molecule has 1 N–H and O–H groups in total. The van der Waals surface area contributed by atoms with Gasteiger partial charge in [0, 0.05) is 18.5 Å². The number of halogens is 1. The molecule has 1 atom stereocenters.